The maximum absolute atomic E-state index is 12.4. The molecule has 0 fully saturated rings. The minimum atomic E-state index is -0.240. The average Bonchev–Trinajstić information content (AvgIpc) is 3.32. The second-order valence-electron chi connectivity index (χ2n) is 5.85. The van der Waals surface area contributed by atoms with Crippen molar-refractivity contribution in [3.63, 3.8) is 0 Å². The largest absolute Gasteiger partial charge is 0.462 e. The number of hydrogen-bond donors (Lipinski definition) is 2. The standard InChI is InChI=1S/C18H15N3O3S/c1-10(11-4-5-13-12(7-11)8-16(22)20-13)19-17(23)14-9-25-18(21-14)15-3-2-6-24-15/h2-7,9-10H,8H2,1H3,(H,19,23)(H,20,22)/t10-/m0/s1. The van der Waals surface area contributed by atoms with E-state index in [1.165, 1.54) is 11.3 Å². The van der Waals surface area contributed by atoms with E-state index in [1.54, 1.807) is 17.7 Å². The molecule has 0 aliphatic carbocycles. The molecule has 0 radical (unpaired) electrons. The molecule has 126 valence electrons. The van der Waals surface area contributed by atoms with Gasteiger partial charge in [-0.05, 0) is 36.2 Å². The quantitative estimate of drug-likeness (QED) is 0.753. The summed E-state index contributed by atoms with van der Waals surface area (Å²) < 4.78 is 5.30. The molecular weight excluding hydrogens is 338 g/mol. The Balaban J connectivity index is 1.48. The first kappa shape index (κ1) is 15.6. The van der Waals surface area contributed by atoms with Gasteiger partial charge in [0.2, 0.25) is 5.91 Å². The van der Waals surface area contributed by atoms with Crippen LogP contribution in [0, 0.1) is 0 Å². The third-order valence-corrected chi connectivity index (χ3v) is 4.93. The molecule has 3 aromatic rings. The summed E-state index contributed by atoms with van der Waals surface area (Å²) in [6.07, 6.45) is 1.95. The second kappa shape index (κ2) is 6.18. The van der Waals surface area contributed by atoms with Gasteiger partial charge in [-0.15, -0.1) is 11.3 Å². The highest BCUT2D eigenvalue weighted by Crippen LogP contribution is 2.27. The van der Waals surface area contributed by atoms with Crippen molar-refractivity contribution < 1.29 is 14.0 Å². The summed E-state index contributed by atoms with van der Waals surface area (Å²) in [4.78, 5) is 28.2. The van der Waals surface area contributed by atoms with Gasteiger partial charge < -0.3 is 15.1 Å². The minimum Gasteiger partial charge on any atom is -0.462 e. The normalized spacial score (nSPS) is 14.0. The summed E-state index contributed by atoms with van der Waals surface area (Å²) in [6.45, 7) is 1.91. The second-order valence-corrected chi connectivity index (χ2v) is 6.71. The molecule has 2 N–H and O–H groups in total. The molecule has 2 aromatic heterocycles. The number of rotatable bonds is 4. The SMILES string of the molecule is C[C@H](NC(=O)c1csc(-c2ccco2)n1)c1ccc2c(c1)CC(=O)N2. The fraction of sp³-hybridized carbons (Fsp3) is 0.167. The highest BCUT2D eigenvalue weighted by molar-refractivity contribution is 7.13. The van der Waals surface area contributed by atoms with Gasteiger partial charge in [-0.25, -0.2) is 4.98 Å². The number of anilines is 1. The summed E-state index contributed by atoms with van der Waals surface area (Å²) in [6, 6.07) is 9.13. The van der Waals surface area contributed by atoms with Crippen molar-refractivity contribution in [2.75, 3.05) is 5.32 Å². The zero-order valence-corrected chi connectivity index (χ0v) is 14.2. The van der Waals surface area contributed by atoms with Crippen LogP contribution in [-0.4, -0.2) is 16.8 Å². The summed E-state index contributed by atoms with van der Waals surface area (Å²) >= 11 is 1.36. The van der Waals surface area contributed by atoms with E-state index in [0.29, 0.717) is 22.9 Å². The van der Waals surface area contributed by atoms with Crippen LogP contribution in [0.3, 0.4) is 0 Å². The van der Waals surface area contributed by atoms with Crippen molar-refractivity contribution in [3.8, 4) is 10.8 Å². The molecule has 0 saturated carbocycles. The topological polar surface area (TPSA) is 84.2 Å². The van der Waals surface area contributed by atoms with Gasteiger partial charge in [0.15, 0.2) is 10.8 Å². The number of fused-ring (bicyclic) bond motifs is 1. The molecule has 4 rings (SSSR count). The van der Waals surface area contributed by atoms with Crippen LogP contribution in [0.1, 0.15) is 34.6 Å². The molecule has 1 aromatic carbocycles. The number of furan rings is 1. The summed E-state index contributed by atoms with van der Waals surface area (Å²) in [5.41, 5.74) is 3.11. The van der Waals surface area contributed by atoms with Gasteiger partial charge in [0.25, 0.3) is 5.91 Å². The Labute approximate surface area is 147 Å². The van der Waals surface area contributed by atoms with E-state index >= 15 is 0 Å². The Bertz CT molecular complexity index is 946. The molecular formula is C18H15N3O3S. The molecule has 1 aliphatic rings. The molecule has 0 unspecified atom stereocenters. The molecule has 7 heteroatoms. The molecule has 25 heavy (non-hydrogen) atoms. The van der Waals surface area contributed by atoms with Gasteiger partial charge in [-0.1, -0.05) is 12.1 Å². The number of nitrogens with zero attached hydrogens (tertiary/aromatic N) is 1. The zero-order valence-electron chi connectivity index (χ0n) is 13.4. The van der Waals surface area contributed by atoms with E-state index < -0.39 is 0 Å². The average molecular weight is 353 g/mol. The fourth-order valence-corrected chi connectivity index (χ4v) is 3.53. The monoisotopic (exact) mass is 353 g/mol. The lowest BCUT2D eigenvalue weighted by Crippen LogP contribution is -2.26. The molecule has 0 bridgehead atoms. The van der Waals surface area contributed by atoms with Crippen molar-refractivity contribution in [3.05, 3.63) is 58.8 Å². The van der Waals surface area contributed by atoms with E-state index in [2.05, 4.69) is 15.6 Å². The van der Waals surface area contributed by atoms with Crippen LogP contribution < -0.4 is 10.6 Å². The third-order valence-electron chi connectivity index (χ3n) is 4.07. The maximum Gasteiger partial charge on any atom is 0.271 e. The Morgan fingerprint density at radius 2 is 2.28 bits per heavy atom. The lowest BCUT2D eigenvalue weighted by atomic mass is 10.0. The van der Waals surface area contributed by atoms with E-state index in [1.807, 2.05) is 31.2 Å². The molecule has 2 amide bonds. The van der Waals surface area contributed by atoms with Crippen LogP contribution in [0.2, 0.25) is 0 Å². The predicted octanol–water partition coefficient (Wildman–Crippen LogP) is 3.39. The first-order valence-electron chi connectivity index (χ1n) is 7.83. The van der Waals surface area contributed by atoms with Crippen LogP contribution in [0.5, 0.6) is 0 Å². The zero-order chi connectivity index (χ0) is 17.4. The number of amides is 2. The van der Waals surface area contributed by atoms with E-state index in [-0.39, 0.29) is 17.9 Å². The Kier molecular flexibility index (Phi) is 3.85. The van der Waals surface area contributed by atoms with Gasteiger partial charge in [0.05, 0.1) is 18.7 Å². The summed E-state index contributed by atoms with van der Waals surface area (Å²) in [7, 11) is 0. The lowest BCUT2D eigenvalue weighted by molar-refractivity contribution is -0.115. The summed E-state index contributed by atoms with van der Waals surface area (Å²) in [5.74, 6) is 0.404. The van der Waals surface area contributed by atoms with Crippen LogP contribution in [0.4, 0.5) is 5.69 Å². The van der Waals surface area contributed by atoms with Crippen LogP contribution >= 0.6 is 11.3 Å². The van der Waals surface area contributed by atoms with E-state index in [9.17, 15) is 9.59 Å². The lowest BCUT2D eigenvalue weighted by Gasteiger charge is -2.14. The molecule has 6 nitrogen and oxygen atoms in total. The third kappa shape index (κ3) is 3.06. The Morgan fingerprint density at radius 1 is 1.40 bits per heavy atom. The number of thiazole rings is 1. The molecule has 0 spiro atoms. The van der Waals surface area contributed by atoms with Gasteiger partial charge >= 0.3 is 0 Å². The fourth-order valence-electron chi connectivity index (χ4n) is 2.76. The molecule has 1 atom stereocenters. The van der Waals surface area contributed by atoms with Crippen molar-refractivity contribution in [1.29, 1.82) is 0 Å². The van der Waals surface area contributed by atoms with Crippen molar-refractivity contribution >= 4 is 28.8 Å². The van der Waals surface area contributed by atoms with Crippen molar-refractivity contribution in [1.82, 2.24) is 10.3 Å². The van der Waals surface area contributed by atoms with Crippen LogP contribution in [0.15, 0.2) is 46.4 Å². The Hall–Kier alpha value is -2.93. The van der Waals surface area contributed by atoms with Gasteiger partial charge in [-0.2, -0.15) is 0 Å². The molecule has 3 heterocycles. The maximum atomic E-state index is 12.4. The number of aromatic nitrogens is 1. The van der Waals surface area contributed by atoms with Crippen molar-refractivity contribution in [2.45, 2.75) is 19.4 Å². The van der Waals surface area contributed by atoms with Crippen LogP contribution in [-0.2, 0) is 11.2 Å². The first-order chi connectivity index (χ1) is 12.1. The highest BCUT2D eigenvalue weighted by Gasteiger charge is 2.20. The molecule has 1 aliphatic heterocycles. The summed E-state index contributed by atoms with van der Waals surface area (Å²) in [5, 5.41) is 8.13. The number of carbonyl (C=O) groups is 2. The van der Waals surface area contributed by atoms with Gasteiger partial charge in [-0.3, -0.25) is 9.59 Å². The minimum absolute atomic E-state index is 0.00299. The van der Waals surface area contributed by atoms with Crippen molar-refractivity contribution in [2.24, 2.45) is 0 Å². The first-order valence-corrected chi connectivity index (χ1v) is 8.71. The Morgan fingerprint density at radius 3 is 3.08 bits per heavy atom. The molecule has 0 saturated heterocycles. The van der Waals surface area contributed by atoms with Gasteiger partial charge in [0, 0.05) is 11.1 Å². The number of carbonyl (C=O) groups excluding carboxylic acids is 2. The smallest absolute Gasteiger partial charge is 0.271 e. The van der Waals surface area contributed by atoms with Gasteiger partial charge in [0.1, 0.15) is 5.69 Å². The van der Waals surface area contributed by atoms with Crippen LogP contribution in [0.25, 0.3) is 10.8 Å². The number of hydrogen-bond acceptors (Lipinski definition) is 5. The van der Waals surface area contributed by atoms with E-state index in [4.69, 9.17) is 4.42 Å². The predicted molar refractivity (Wildman–Crippen MR) is 94.5 cm³/mol. The highest BCUT2D eigenvalue weighted by atomic mass is 32.1. The van der Waals surface area contributed by atoms with E-state index in [0.717, 1.165) is 16.8 Å². The number of nitrogens with one attached hydrogen (secondary N) is 2. The number of benzene rings is 1.